The fraction of sp³-hybridized carbons (Fsp3) is 0.286. The summed E-state index contributed by atoms with van der Waals surface area (Å²) in [6.45, 7) is 1.57. The molecule has 1 aromatic heterocycles. The van der Waals surface area contributed by atoms with Crippen LogP contribution >= 0.6 is 23.2 Å². The van der Waals surface area contributed by atoms with Gasteiger partial charge in [0, 0.05) is 19.0 Å². The molecule has 0 unspecified atom stereocenters. The molecule has 2 rings (SSSR count). The second-order valence-electron chi connectivity index (χ2n) is 4.37. The fourth-order valence-corrected chi connectivity index (χ4v) is 1.85. The van der Waals surface area contributed by atoms with Crippen molar-refractivity contribution in [3.8, 4) is 5.88 Å². The van der Waals surface area contributed by atoms with Crippen molar-refractivity contribution in [1.82, 2.24) is 4.98 Å². The van der Waals surface area contributed by atoms with Gasteiger partial charge in [0.05, 0.1) is 10.8 Å². The van der Waals surface area contributed by atoms with Crippen LogP contribution in [-0.4, -0.2) is 16.3 Å². The summed E-state index contributed by atoms with van der Waals surface area (Å²) in [5.74, 6) is 0.401. The van der Waals surface area contributed by atoms with Gasteiger partial charge in [-0.15, -0.1) is 0 Å². The van der Waals surface area contributed by atoms with E-state index in [0.717, 1.165) is 6.07 Å². The zero-order valence-electron chi connectivity index (χ0n) is 11.1. The average molecular weight is 332 g/mol. The van der Waals surface area contributed by atoms with Crippen molar-refractivity contribution in [2.24, 2.45) is 0 Å². The van der Waals surface area contributed by atoms with Gasteiger partial charge in [0.1, 0.15) is 5.76 Å². The lowest BCUT2D eigenvalue weighted by molar-refractivity contribution is -0.119. The number of rotatable bonds is 5. The molecule has 7 heteroatoms. The third-order valence-electron chi connectivity index (χ3n) is 2.72. The lowest BCUT2D eigenvalue weighted by atomic mass is 10.1. The zero-order chi connectivity index (χ0) is 15.4. The molecule has 0 fully saturated rings. The van der Waals surface area contributed by atoms with Crippen LogP contribution < -0.4 is 4.74 Å². The number of nitrogens with zero attached hydrogens (tertiary/aromatic N) is 1. The Balaban J connectivity index is 2.02. The number of carbonyl (C=O) groups excluding carboxylic acids is 1. The highest BCUT2D eigenvalue weighted by molar-refractivity contribution is 6.64. The summed E-state index contributed by atoms with van der Waals surface area (Å²) in [6.07, 6.45) is 4.92. The number of ether oxygens (including phenoxy) is 2. The van der Waals surface area contributed by atoms with Crippen LogP contribution in [0, 0.1) is 5.82 Å². The molecule has 1 aliphatic carbocycles. The topological polar surface area (TPSA) is 48.4 Å². The predicted octanol–water partition coefficient (Wildman–Crippen LogP) is 3.99. The van der Waals surface area contributed by atoms with E-state index < -0.39 is 17.2 Å². The van der Waals surface area contributed by atoms with Crippen molar-refractivity contribution >= 4 is 28.4 Å². The molecule has 0 saturated heterocycles. The lowest BCUT2D eigenvalue weighted by Gasteiger charge is -2.18. The Labute approximate surface area is 131 Å². The second kappa shape index (κ2) is 6.91. The lowest BCUT2D eigenvalue weighted by Crippen LogP contribution is -2.16. The van der Waals surface area contributed by atoms with E-state index in [1.165, 1.54) is 6.20 Å². The molecule has 0 bridgehead atoms. The molecule has 0 amide bonds. The summed E-state index contributed by atoms with van der Waals surface area (Å²) in [7, 11) is 0. The van der Waals surface area contributed by atoms with Gasteiger partial charge in [0.15, 0.2) is 11.9 Å². The third kappa shape index (κ3) is 4.44. The fourth-order valence-electron chi connectivity index (χ4n) is 1.66. The van der Waals surface area contributed by atoms with Crippen molar-refractivity contribution in [2.45, 2.75) is 25.9 Å². The molecule has 0 N–H and O–H groups in total. The molecular weight excluding hydrogens is 320 g/mol. The maximum Gasteiger partial charge on any atom is 0.261 e. The standard InChI is InChI=1S/C14H12Cl2FNO3/c1-8(13(16)19)20-10-2-4-11(5-3-10)21-14-12(17)6-9(15)7-18-14/h2,4,6-8H,3,5H2,1H3/t8-/m1/s1. The molecule has 0 aromatic carbocycles. The number of aromatic nitrogens is 1. The van der Waals surface area contributed by atoms with Crippen LogP contribution in [0.5, 0.6) is 5.88 Å². The van der Waals surface area contributed by atoms with Gasteiger partial charge >= 0.3 is 0 Å². The van der Waals surface area contributed by atoms with E-state index in [-0.39, 0.29) is 10.9 Å². The van der Waals surface area contributed by atoms with E-state index in [1.54, 1.807) is 19.1 Å². The minimum Gasteiger partial charge on any atom is -0.486 e. The van der Waals surface area contributed by atoms with Crippen LogP contribution in [0.1, 0.15) is 19.8 Å². The first-order valence-electron chi connectivity index (χ1n) is 6.20. The highest BCUT2D eigenvalue weighted by atomic mass is 35.5. The number of halogens is 3. The molecule has 21 heavy (non-hydrogen) atoms. The molecule has 4 nitrogen and oxygen atoms in total. The molecule has 1 aliphatic rings. The van der Waals surface area contributed by atoms with Crippen molar-refractivity contribution < 1.29 is 18.7 Å². The number of carbonyl (C=O) groups is 1. The largest absolute Gasteiger partial charge is 0.486 e. The molecular formula is C14H12Cl2FNO3. The third-order valence-corrected chi connectivity index (χ3v) is 3.24. The summed E-state index contributed by atoms with van der Waals surface area (Å²) in [4.78, 5) is 14.7. The van der Waals surface area contributed by atoms with Crippen molar-refractivity contribution in [3.63, 3.8) is 0 Å². The highest BCUT2D eigenvalue weighted by Gasteiger charge is 2.17. The SMILES string of the molecule is C[C@@H](OC1=CC=C(Oc2ncc(Cl)cc2F)CC1)C(=O)Cl. The van der Waals surface area contributed by atoms with Gasteiger partial charge < -0.3 is 9.47 Å². The summed E-state index contributed by atoms with van der Waals surface area (Å²) >= 11 is 10.9. The molecule has 0 radical (unpaired) electrons. The predicted molar refractivity (Wildman–Crippen MR) is 76.6 cm³/mol. The summed E-state index contributed by atoms with van der Waals surface area (Å²) in [6, 6.07) is 1.13. The molecule has 0 aliphatic heterocycles. The molecule has 112 valence electrons. The monoisotopic (exact) mass is 331 g/mol. The first kappa shape index (κ1) is 15.8. The maximum atomic E-state index is 13.6. The summed E-state index contributed by atoms with van der Waals surface area (Å²) in [5.41, 5.74) is 0. The van der Waals surface area contributed by atoms with Gasteiger partial charge in [-0.3, -0.25) is 4.79 Å². The molecule has 1 aromatic rings. The van der Waals surface area contributed by atoms with E-state index in [1.807, 2.05) is 0 Å². The normalized spacial score (nSPS) is 15.8. The van der Waals surface area contributed by atoms with E-state index in [9.17, 15) is 9.18 Å². The summed E-state index contributed by atoms with van der Waals surface area (Å²) < 4.78 is 24.3. The van der Waals surface area contributed by atoms with E-state index in [2.05, 4.69) is 4.98 Å². The van der Waals surface area contributed by atoms with E-state index >= 15 is 0 Å². The Kier molecular flexibility index (Phi) is 5.20. The van der Waals surface area contributed by atoms with Crippen LogP contribution in [0.15, 0.2) is 35.9 Å². The van der Waals surface area contributed by atoms with Gasteiger partial charge in [-0.1, -0.05) is 11.6 Å². The van der Waals surface area contributed by atoms with Crippen molar-refractivity contribution in [1.29, 1.82) is 0 Å². The Hall–Kier alpha value is -1.59. The Morgan fingerprint density at radius 1 is 1.38 bits per heavy atom. The quantitative estimate of drug-likeness (QED) is 0.765. The van der Waals surface area contributed by atoms with Crippen LogP contribution in [-0.2, 0) is 9.53 Å². The second-order valence-corrected chi connectivity index (χ2v) is 5.18. The zero-order valence-corrected chi connectivity index (χ0v) is 12.6. The van der Waals surface area contributed by atoms with Crippen molar-refractivity contribution in [2.75, 3.05) is 0 Å². The van der Waals surface area contributed by atoms with Gasteiger partial charge in [0.2, 0.25) is 0 Å². The Morgan fingerprint density at radius 3 is 2.62 bits per heavy atom. The van der Waals surface area contributed by atoms with Crippen LogP contribution in [0.2, 0.25) is 5.02 Å². The van der Waals surface area contributed by atoms with Crippen molar-refractivity contribution in [3.05, 3.63) is 46.8 Å². The number of pyridine rings is 1. The van der Waals surface area contributed by atoms with E-state index in [4.69, 9.17) is 32.7 Å². The van der Waals surface area contributed by atoms with Crippen LogP contribution in [0.3, 0.4) is 0 Å². The molecule has 1 heterocycles. The highest BCUT2D eigenvalue weighted by Crippen LogP contribution is 2.25. The van der Waals surface area contributed by atoms with Gasteiger partial charge in [-0.2, -0.15) is 0 Å². The Bertz CT molecular complexity index is 616. The number of hydrogen-bond donors (Lipinski definition) is 0. The summed E-state index contributed by atoms with van der Waals surface area (Å²) in [5, 5.41) is -0.359. The number of hydrogen-bond acceptors (Lipinski definition) is 4. The smallest absolute Gasteiger partial charge is 0.261 e. The Morgan fingerprint density at radius 2 is 2.05 bits per heavy atom. The first-order chi connectivity index (χ1) is 9.95. The minimum atomic E-state index is -0.704. The van der Waals surface area contributed by atoms with Crippen LogP contribution in [0.25, 0.3) is 0 Å². The average Bonchev–Trinajstić information content (AvgIpc) is 2.43. The molecule has 0 spiro atoms. The van der Waals surface area contributed by atoms with Crippen LogP contribution in [0.4, 0.5) is 4.39 Å². The van der Waals surface area contributed by atoms with E-state index in [0.29, 0.717) is 24.4 Å². The molecule has 0 saturated carbocycles. The van der Waals surface area contributed by atoms with Gasteiger partial charge in [-0.25, -0.2) is 9.37 Å². The minimum absolute atomic E-state index is 0.132. The molecule has 1 atom stereocenters. The first-order valence-corrected chi connectivity index (χ1v) is 6.96. The van der Waals surface area contributed by atoms with Gasteiger partial charge in [0.25, 0.3) is 11.1 Å². The maximum absolute atomic E-state index is 13.6. The number of allylic oxidation sites excluding steroid dienone is 4. The van der Waals surface area contributed by atoms with Gasteiger partial charge in [-0.05, 0) is 36.7 Å².